The lowest BCUT2D eigenvalue weighted by atomic mass is 10.1. The van der Waals surface area contributed by atoms with Crippen LogP contribution < -0.4 is 9.64 Å². The Morgan fingerprint density at radius 1 is 1.20 bits per heavy atom. The van der Waals surface area contributed by atoms with Gasteiger partial charge in [0.25, 0.3) is 0 Å². The van der Waals surface area contributed by atoms with E-state index >= 15 is 0 Å². The summed E-state index contributed by atoms with van der Waals surface area (Å²) in [4.78, 5) is 13.8. The molecule has 1 aromatic rings. The van der Waals surface area contributed by atoms with Gasteiger partial charge < -0.3 is 14.4 Å². The highest BCUT2D eigenvalue weighted by molar-refractivity contribution is 5.71. The van der Waals surface area contributed by atoms with E-state index in [4.69, 9.17) is 9.47 Å². The molecule has 0 unspecified atom stereocenters. The standard InChI is InChI=1S/C16H23NO3/c1-4-19-15(18)11-20-16-12(2)9-14(10-13(16)3)17-7-5-6-8-17/h9-10H,4-8,11H2,1-3H3. The Morgan fingerprint density at radius 2 is 1.80 bits per heavy atom. The molecule has 1 aromatic carbocycles. The maximum atomic E-state index is 11.4. The van der Waals surface area contributed by atoms with Crippen molar-refractivity contribution >= 4 is 11.7 Å². The number of hydrogen-bond acceptors (Lipinski definition) is 4. The summed E-state index contributed by atoms with van der Waals surface area (Å²) >= 11 is 0. The molecule has 1 saturated heterocycles. The molecule has 1 aliphatic rings. The molecule has 0 atom stereocenters. The zero-order valence-electron chi connectivity index (χ0n) is 12.6. The molecule has 20 heavy (non-hydrogen) atoms. The van der Waals surface area contributed by atoms with Gasteiger partial charge in [-0.05, 0) is 56.9 Å². The first kappa shape index (κ1) is 14.7. The highest BCUT2D eigenvalue weighted by Crippen LogP contribution is 2.30. The van der Waals surface area contributed by atoms with Gasteiger partial charge in [0.05, 0.1) is 6.61 Å². The van der Waals surface area contributed by atoms with Crippen molar-refractivity contribution in [3.8, 4) is 5.75 Å². The molecule has 1 aliphatic heterocycles. The molecule has 0 N–H and O–H groups in total. The minimum absolute atomic E-state index is 0.0292. The maximum absolute atomic E-state index is 11.4. The molecule has 0 aromatic heterocycles. The van der Waals surface area contributed by atoms with Crippen LogP contribution >= 0.6 is 0 Å². The van der Waals surface area contributed by atoms with E-state index in [0.29, 0.717) is 6.61 Å². The van der Waals surface area contributed by atoms with Crippen LogP contribution in [0, 0.1) is 13.8 Å². The van der Waals surface area contributed by atoms with E-state index in [0.717, 1.165) is 30.0 Å². The van der Waals surface area contributed by atoms with E-state index in [1.807, 2.05) is 13.8 Å². The zero-order chi connectivity index (χ0) is 14.5. The predicted octanol–water partition coefficient (Wildman–Crippen LogP) is 2.85. The Balaban J connectivity index is 2.08. The molecule has 0 spiro atoms. The highest BCUT2D eigenvalue weighted by atomic mass is 16.6. The van der Waals surface area contributed by atoms with E-state index < -0.39 is 0 Å². The molecule has 1 fully saturated rings. The summed E-state index contributed by atoms with van der Waals surface area (Å²) in [6.07, 6.45) is 2.53. The molecule has 4 nitrogen and oxygen atoms in total. The lowest BCUT2D eigenvalue weighted by Crippen LogP contribution is -2.18. The Hall–Kier alpha value is -1.71. The van der Waals surface area contributed by atoms with Crippen molar-refractivity contribution in [2.24, 2.45) is 0 Å². The molecule has 1 heterocycles. The van der Waals surface area contributed by atoms with Crippen LogP contribution in [0.15, 0.2) is 12.1 Å². The molecule has 0 bridgehead atoms. The van der Waals surface area contributed by atoms with Crippen molar-refractivity contribution in [2.75, 3.05) is 31.2 Å². The van der Waals surface area contributed by atoms with E-state index in [9.17, 15) is 4.79 Å². The second kappa shape index (κ2) is 6.64. The second-order valence-corrected chi connectivity index (χ2v) is 5.20. The minimum Gasteiger partial charge on any atom is -0.481 e. The molecule has 0 saturated carbocycles. The first-order valence-corrected chi connectivity index (χ1v) is 7.26. The molecule has 4 heteroatoms. The molecule has 0 amide bonds. The number of anilines is 1. The summed E-state index contributed by atoms with van der Waals surface area (Å²) in [6, 6.07) is 4.28. The lowest BCUT2D eigenvalue weighted by Gasteiger charge is -2.21. The van der Waals surface area contributed by atoms with Crippen LogP contribution in [-0.4, -0.2) is 32.3 Å². The van der Waals surface area contributed by atoms with Gasteiger partial charge in [0.1, 0.15) is 5.75 Å². The Bertz CT molecular complexity index is 456. The topological polar surface area (TPSA) is 38.8 Å². The van der Waals surface area contributed by atoms with Gasteiger partial charge in [0.15, 0.2) is 6.61 Å². The molecule has 0 aliphatic carbocycles. The SMILES string of the molecule is CCOC(=O)COc1c(C)cc(N2CCCC2)cc1C. The van der Waals surface area contributed by atoms with Gasteiger partial charge >= 0.3 is 5.97 Å². The number of carbonyl (C=O) groups is 1. The first-order valence-electron chi connectivity index (χ1n) is 7.26. The molecular weight excluding hydrogens is 254 g/mol. The van der Waals surface area contributed by atoms with Gasteiger partial charge in [-0.2, -0.15) is 0 Å². The van der Waals surface area contributed by atoms with Crippen LogP contribution in [-0.2, 0) is 9.53 Å². The van der Waals surface area contributed by atoms with Crippen molar-refractivity contribution in [1.29, 1.82) is 0 Å². The normalized spacial score (nSPS) is 14.4. The largest absolute Gasteiger partial charge is 0.481 e. The third-order valence-corrected chi connectivity index (χ3v) is 3.56. The van der Waals surface area contributed by atoms with Crippen molar-refractivity contribution in [1.82, 2.24) is 0 Å². The number of nitrogens with zero attached hydrogens (tertiary/aromatic N) is 1. The van der Waals surface area contributed by atoms with Crippen molar-refractivity contribution in [2.45, 2.75) is 33.6 Å². The predicted molar refractivity (Wildman–Crippen MR) is 79.5 cm³/mol. The Morgan fingerprint density at radius 3 is 2.35 bits per heavy atom. The zero-order valence-corrected chi connectivity index (χ0v) is 12.6. The summed E-state index contributed by atoms with van der Waals surface area (Å²) in [6.45, 7) is 8.44. The lowest BCUT2D eigenvalue weighted by molar-refractivity contribution is -0.145. The van der Waals surface area contributed by atoms with Crippen LogP contribution in [0.4, 0.5) is 5.69 Å². The molecule has 0 radical (unpaired) electrons. The van der Waals surface area contributed by atoms with Crippen molar-refractivity contribution < 1.29 is 14.3 Å². The molecule has 110 valence electrons. The molecule has 2 rings (SSSR count). The van der Waals surface area contributed by atoms with Crippen molar-refractivity contribution in [3.63, 3.8) is 0 Å². The van der Waals surface area contributed by atoms with Gasteiger partial charge in [0, 0.05) is 18.8 Å². The average Bonchev–Trinajstić information content (AvgIpc) is 2.91. The number of carbonyl (C=O) groups excluding carboxylic acids is 1. The van der Waals surface area contributed by atoms with E-state index in [1.165, 1.54) is 18.5 Å². The van der Waals surface area contributed by atoms with Gasteiger partial charge in [-0.15, -0.1) is 0 Å². The molecular formula is C16H23NO3. The number of ether oxygens (including phenoxy) is 2. The van der Waals surface area contributed by atoms with Gasteiger partial charge in [-0.25, -0.2) is 4.79 Å². The first-order chi connectivity index (χ1) is 9.61. The van der Waals surface area contributed by atoms with Crippen LogP contribution in [0.25, 0.3) is 0 Å². The van der Waals surface area contributed by atoms with E-state index in [-0.39, 0.29) is 12.6 Å². The van der Waals surface area contributed by atoms with Crippen LogP contribution in [0.5, 0.6) is 5.75 Å². The third kappa shape index (κ3) is 3.44. The number of rotatable bonds is 5. The van der Waals surface area contributed by atoms with Crippen molar-refractivity contribution in [3.05, 3.63) is 23.3 Å². The monoisotopic (exact) mass is 277 g/mol. The fourth-order valence-corrected chi connectivity index (χ4v) is 2.65. The van der Waals surface area contributed by atoms with Gasteiger partial charge in [-0.3, -0.25) is 0 Å². The maximum Gasteiger partial charge on any atom is 0.344 e. The third-order valence-electron chi connectivity index (χ3n) is 3.56. The Labute approximate surface area is 120 Å². The summed E-state index contributed by atoms with van der Waals surface area (Å²) in [5.74, 6) is 0.468. The van der Waals surface area contributed by atoms with Crippen LogP contribution in [0.1, 0.15) is 30.9 Å². The summed E-state index contributed by atoms with van der Waals surface area (Å²) in [7, 11) is 0. The smallest absolute Gasteiger partial charge is 0.344 e. The fraction of sp³-hybridized carbons (Fsp3) is 0.562. The Kier molecular flexibility index (Phi) is 4.88. The highest BCUT2D eigenvalue weighted by Gasteiger charge is 2.15. The number of esters is 1. The van der Waals surface area contributed by atoms with Crippen LogP contribution in [0.2, 0.25) is 0 Å². The number of hydrogen-bond donors (Lipinski definition) is 0. The average molecular weight is 277 g/mol. The van der Waals surface area contributed by atoms with Gasteiger partial charge in [-0.1, -0.05) is 0 Å². The summed E-state index contributed by atoms with van der Waals surface area (Å²) in [5.41, 5.74) is 3.38. The van der Waals surface area contributed by atoms with Crippen LogP contribution in [0.3, 0.4) is 0 Å². The second-order valence-electron chi connectivity index (χ2n) is 5.20. The van der Waals surface area contributed by atoms with Gasteiger partial charge in [0.2, 0.25) is 0 Å². The van der Waals surface area contributed by atoms with E-state index in [2.05, 4.69) is 17.0 Å². The fourth-order valence-electron chi connectivity index (χ4n) is 2.65. The minimum atomic E-state index is -0.324. The quantitative estimate of drug-likeness (QED) is 0.776. The summed E-state index contributed by atoms with van der Waals surface area (Å²) in [5, 5.41) is 0. The number of benzene rings is 1. The summed E-state index contributed by atoms with van der Waals surface area (Å²) < 4.78 is 10.5. The number of aryl methyl sites for hydroxylation is 2. The van der Waals surface area contributed by atoms with E-state index in [1.54, 1.807) is 6.92 Å².